The summed E-state index contributed by atoms with van der Waals surface area (Å²) in [5, 5.41) is 0.716. The van der Waals surface area contributed by atoms with Gasteiger partial charge < -0.3 is 9.47 Å². The number of hydrazine groups is 2. The number of thiazole rings is 1. The number of ether oxygens (including phenoxy) is 2. The molecule has 118 valence electrons. The van der Waals surface area contributed by atoms with Crippen LogP contribution in [0.1, 0.15) is 4.88 Å². The van der Waals surface area contributed by atoms with E-state index < -0.39 is 0 Å². The van der Waals surface area contributed by atoms with Crippen molar-refractivity contribution >= 4 is 28.1 Å². The van der Waals surface area contributed by atoms with Gasteiger partial charge in [-0.05, 0) is 19.1 Å². The minimum atomic E-state index is 0.333. The lowest BCUT2D eigenvalue weighted by Gasteiger charge is -2.11. The molecule has 2 rings (SSSR count). The maximum Gasteiger partial charge on any atom is 0.230 e. The third-order valence-corrected chi connectivity index (χ3v) is 3.48. The van der Waals surface area contributed by atoms with E-state index in [1.807, 2.05) is 6.92 Å². The molecule has 22 heavy (non-hydrogen) atoms. The molecule has 0 saturated carbocycles. The van der Waals surface area contributed by atoms with Gasteiger partial charge in [-0.25, -0.2) is 15.8 Å². The Labute approximate surface area is 132 Å². The molecule has 0 fully saturated rings. The Morgan fingerprint density at radius 2 is 2.05 bits per heavy atom. The normalized spacial score (nSPS) is 11.0. The summed E-state index contributed by atoms with van der Waals surface area (Å²) in [6.07, 6.45) is 1.77. The lowest BCUT2D eigenvalue weighted by molar-refractivity contribution is 0.355. The highest BCUT2D eigenvalue weighted by molar-refractivity contribution is 7.15. The van der Waals surface area contributed by atoms with Crippen molar-refractivity contribution in [3.63, 3.8) is 0 Å². The number of hydrogen-bond acceptors (Lipinski definition) is 7. The van der Waals surface area contributed by atoms with Crippen LogP contribution >= 0.6 is 11.3 Å². The van der Waals surface area contributed by atoms with E-state index in [1.54, 1.807) is 38.6 Å². The highest BCUT2D eigenvalue weighted by Gasteiger charge is 2.05. The van der Waals surface area contributed by atoms with Crippen LogP contribution < -0.4 is 31.6 Å². The fourth-order valence-electron chi connectivity index (χ4n) is 1.65. The molecule has 9 heteroatoms. The summed E-state index contributed by atoms with van der Waals surface area (Å²) in [4.78, 5) is 9.60. The largest absolute Gasteiger partial charge is 0.493 e. The molecule has 0 aliphatic carbocycles. The van der Waals surface area contributed by atoms with Gasteiger partial charge >= 0.3 is 0 Å². The molecule has 0 unspecified atom stereocenters. The van der Waals surface area contributed by atoms with Gasteiger partial charge in [0.25, 0.3) is 0 Å². The summed E-state index contributed by atoms with van der Waals surface area (Å²) in [5.41, 5.74) is 8.89. The summed E-state index contributed by atoms with van der Waals surface area (Å²) in [5.74, 6) is 7.01. The molecule has 0 aliphatic heterocycles. The SMILES string of the molecule is COc1ccc(N=C(NN)NNc2ncc(C)s2)cc1OC. The summed E-state index contributed by atoms with van der Waals surface area (Å²) < 4.78 is 10.4. The lowest BCUT2D eigenvalue weighted by atomic mass is 10.3. The molecule has 0 saturated heterocycles. The maximum absolute atomic E-state index is 5.46. The highest BCUT2D eigenvalue weighted by Crippen LogP contribution is 2.30. The zero-order chi connectivity index (χ0) is 15.9. The predicted octanol–water partition coefficient (Wildman–Crippen LogP) is 1.54. The molecule has 2 aromatic rings. The predicted molar refractivity (Wildman–Crippen MR) is 87.6 cm³/mol. The zero-order valence-electron chi connectivity index (χ0n) is 12.5. The second kappa shape index (κ2) is 7.48. The maximum atomic E-state index is 5.46. The molecule has 1 aromatic heterocycles. The topological polar surface area (TPSA) is 106 Å². The van der Waals surface area contributed by atoms with Crippen LogP contribution in [0.15, 0.2) is 29.4 Å². The van der Waals surface area contributed by atoms with Gasteiger partial charge in [0, 0.05) is 17.1 Å². The van der Waals surface area contributed by atoms with Crippen molar-refractivity contribution in [1.82, 2.24) is 15.8 Å². The first-order valence-electron chi connectivity index (χ1n) is 6.38. The Balaban J connectivity index is 2.10. The van der Waals surface area contributed by atoms with Crippen molar-refractivity contribution in [1.29, 1.82) is 0 Å². The van der Waals surface area contributed by atoms with E-state index >= 15 is 0 Å². The Morgan fingerprint density at radius 1 is 1.27 bits per heavy atom. The van der Waals surface area contributed by atoms with E-state index in [-0.39, 0.29) is 0 Å². The van der Waals surface area contributed by atoms with Crippen molar-refractivity contribution in [2.75, 3.05) is 19.6 Å². The Bertz CT molecular complexity index is 658. The summed E-state index contributed by atoms with van der Waals surface area (Å²) in [6.45, 7) is 1.97. The third-order valence-electron chi connectivity index (χ3n) is 2.65. The second-order valence-corrected chi connectivity index (χ2v) is 5.40. The highest BCUT2D eigenvalue weighted by atomic mass is 32.1. The minimum Gasteiger partial charge on any atom is -0.493 e. The fraction of sp³-hybridized carbons (Fsp3) is 0.231. The number of methoxy groups -OCH3 is 2. The average Bonchev–Trinajstić information content (AvgIpc) is 2.96. The quantitative estimate of drug-likeness (QED) is 0.286. The van der Waals surface area contributed by atoms with E-state index in [0.717, 1.165) is 4.88 Å². The van der Waals surface area contributed by atoms with Gasteiger partial charge in [0.05, 0.1) is 19.9 Å². The van der Waals surface area contributed by atoms with Crippen molar-refractivity contribution in [2.45, 2.75) is 6.92 Å². The van der Waals surface area contributed by atoms with Crippen LogP contribution in [0, 0.1) is 6.92 Å². The molecule has 0 bridgehead atoms. The number of rotatable bonds is 5. The zero-order valence-corrected chi connectivity index (χ0v) is 13.3. The second-order valence-electron chi connectivity index (χ2n) is 4.17. The number of nitrogens with zero attached hydrogens (tertiary/aromatic N) is 2. The first kappa shape index (κ1) is 15.9. The number of anilines is 1. The third kappa shape index (κ3) is 3.99. The number of nitrogens with two attached hydrogens (primary N) is 1. The van der Waals surface area contributed by atoms with Gasteiger partial charge in [-0.2, -0.15) is 0 Å². The van der Waals surface area contributed by atoms with Crippen LogP contribution in [0.4, 0.5) is 10.8 Å². The number of aromatic nitrogens is 1. The summed E-state index contributed by atoms with van der Waals surface area (Å²) in [6, 6.07) is 5.29. The van der Waals surface area contributed by atoms with Crippen molar-refractivity contribution in [2.24, 2.45) is 10.8 Å². The molecule has 0 amide bonds. The van der Waals surface area contributed by atoms with E-state index in [1.165, 1.54) is 11.3 Å². The van der Waals surface area contributed by atoms with Gasteiger partial charge in [0.1, 0.15) is 0 Å². The van der Waals surface area contributed by atoms with Crippen LogP contribution in [0.2, 0.25) is 0 Å². The van der Waals surface area contributed by atoms with Crippen molar-refractivity contribution < 1.29 is 9.47 Å². The molecule has 5 N–H and O–H groups in total. The first-order chi connectivity index (χ1) is 10.7. The lowest BCUT2D eigenvalue weighted by Crippen LogP contribution is -2.44. The number of aliphatic imine (C=N–C) groups is 1. The van der Waals surface area contributed by atoms with Crippen molar-refractivity contribution in [3.8, 4) is 11.5 Å². The van der Waals surface area contributed by atoms with Crippen LogP contribution in [-0.2, 0) is 0 Å². The van der Waals surface area contributed by atoms with Crippen LogP contribution in [-0.4, -0.2) is 25.2 Å². The van der Waals surface area contributed by atoms with Gasteiger partial charge in [-0.15, -0.1) is 11.3 Å². The van der Waals surface area contributed by atoms with E-state index in [2.05, 4.69) is 26.3 Å². The molecule has 0 atom stereocenters. The fourth-order valence-corrected chi connectivity index (χ4v) is 2.26. The smallest absolute Gasteiger partial charge is 0.230 e. The molecule has 1 heterocycles. The van der Waals surface area contributed by atoms with Gasteiger partial charge in [0.15, 0.2) is 11.5 Å². The standard InChI is InChI=1S/C13H18N6O2S/c1-8-7-15-13(22-8)19-18-12(17-14)16-9-4-5-10(20-2)11(6-9)21-3/h4-7H,14H2,1-3H3,(H,15,19)(H2,16,17,18). The number of hydrogen-bond donors (Lipinski definition) is 4. The van der Waals surface area contributed by atoms with Crippen LogP contribution in [0.3, 0.4) is 0 Å². The average molecular weight is 322 g/mol. The number of benzene rings is 1. The Kier molecular flexibility index (Phi) is 5.39. The molecule has 0 spiro atoms. The minimum absolute atomic E-state index is 0.333. The Morgan fingerprint density at radius 3 is 2.64 bits per heavy atom. The number of aryl methyl sites for hydroxylation is 1. The summed E-state index contributed by atoms with van der Waals surface area (Å²) >= 11 is 1.51. The summed E-state index contributed by atoms with van der Waals surface area (Å²) in [7, 11) is 3.15. The van der Waals surface area contributed by atoms with Gasteiger partial charge in [-0.1, -0.05) is 0 Å². The molecular formula is C13H18N6O2S. The van der Waals surface area contributed by atoms with E-state index in [9.17, 15) is 0 Å². The number of guanidine groups is 1. The van der Waals surface area contributed by atoms with E-state index in [4.69, 9.17) is 15.3 Å². The monoisotopic (exact) mass is 322 g/mol. The van der Waals surface area contributed by atoms with Crippen LogP contribution in [0.25, 0.3) is 0 Å². The number of nitrogens with one attached hydrogen (secondary N) is 3. The Hall–Kier alpha value is -2.52. The molecule has 0 aliphatic rings. The molecule has 1 aromatic carbocycles. The van der Waals surface area contributed by atoms with Crippen LogP contribution in [0.5, 0.6) is 11.5 Å². The van der Waals surface area contributed by atoms with E-state index in [0.29, 0.717) is 28.3 Å². The van der Waals surface area contributed by atoms with Crippen molar-refractivity contribution in [3.05, 3.63) is 29.3 Å². The van der Waals surface area contributed by atoms with Gasteiger partial charge in [-0.3, -0.25) is 16.3 Å². The molecule has 0 radical (unpaired) electrons. The van der Waals surface area contributed by atoms with Gasteiger partial charge in [0.2, 0.25) is 11.1 Å². The molecular weight excluding hydrogens is 304 g/mol. The molecule has 8 nitrogen and oxygen atoms in total. The first-order valence-corrected chi connectivity index (χ1v) is 7.19.